The fourth-order valence-electron chi connectivity index (χ4n) is 2.36. The number of hydrogen-bond donors (Lipinski definition) is 2. The maximum atomic E-state index is 9.89. The van der Waals surface area contributed by atoms with E-state index in [1.54, 1.807) is 6.07 Å². The van der Waals surface area contributed by atoms with Crippen molar-refractivity contribution in [3.8, 4) is 5.75 Å². The molecule has 0 spiro atoms. The van der Waals surface area contributed by atoms with Gasteiger partial charge in [0.05, 0.1) is 6.04 Å². The quantitative estimate of drug-likeness (QED) is 0.809. The van der Waals surface area contributed by atoms with Crippen LogP contribution < -0.4 is 5.32 Å². The first-order chi connectivity index (χ1) is 8.27. The third-order valence-corrected chi connectivity index (χ3v) is 3.55. The molecule has 0 aromatic heterocycles. The van der Waals surface area contributed by atoms with Crippen molar-refractivity contribution in [1.82, 2.24) is 5.32 Å². The van der Waals surface area contributed by atoms with E-state index in [0.29, 0.717) is 5.75 Å². The second kappa shape index (κ2) is 4.06. The Hall–Kier alpha value is -1.51. The third-order valence-electron chi connectivity index (χ3n) is 3.20. The van der Waals surface area contributed by atoms with Gasteiger partial charge in [0.15, 0.2) is 0 Å². The number of rotatable bonds is 1. The van der Waals surface area contributed by atoms with Crippen molar-refractivity contribution in [3.05, 3.63) is 64.2 Å². The molecule has 0 bridgehead atoms. The second-order valence-corrected chi connectivity index (χ2v) is 4.59. The molecule has 17 heavy (non-hydrogen) atoms. The van der Waals surface area contributed by atoms with Crippen molar-refractivity contribution in [1.29, 1.82) is 0 Å². The van der Waals surface area contributed by atoms with E-state index in [4.69, 9.17) is 11.6 Å². The Labute approximate surface area is 105 Å². The number of benzene rings is 2. The molecule has 0 aliphatic carbocycles. The fourth-order valence-corrected chi connectivity index (χ4v) is 2.60. The molecule has 0 radical (unpaired) electrons. The lowest BCUT2D eigenvalue weighted by atomic mass is 9.98. The van der Waals surface area contributed by atoms with Crippen LogP contribution >= 0.6 is 11.6 Å². The summed E-state index contributed by atoms with van der Waals surface area (Å²) in [4.78, 5) is 0. The number of fused-ring (bicyclic) bond motifs is 1. The first kappa shape index (κ1) is 10.6. The fraction of sp³-hybridized carbons (Fsp3) is 0.143. The van der Waals surface area contributed by atoms with Crippen LogP contribution in [0.4, 0.5) is 0 Å². The normalized spacial score (nSPS) is 18.1. The summed E-state index contributed by atoms with van der Waals surface area (Å²) in [6.07, 6.45) is 0. The third kappa shape index (κ3) is 1.70. The van der Waals surface area contributed by atoms with E-state index in [1.807, 2.05) is 30.3 Å². The summed E-state index contributed by atoms with van der Waals surface area (Å²) in [5, 5.41) is 14.1. The number of phenols is 1. The summed E-state index contributed by atoms with van der Waals surface area (Å²) in [6.45, 7) is 0.744. The van der Waals surface area contributed by atoms with Crippen molar-refractivity contribution < 1.29 is 5.11 Å². The van der Waals surface area contributed by atoms with Crippen LogP contribution in [-0.4, -0.2) is 5.11 Å². The standard InChI is InChI=1S/C14H12ClNO/c15-12-6-3-5-9-11(12)8-16-14(9)10-4-1-2-7-13(10)17/h1-7,14,16-17H,8H2. The highest BCUT2D eigenvalue weighted by Crippen LogP contribution is 2.37. The average Bonchev–Trinajstić information content (AvgIpc) is 2.75. The van der Waals surface area contributed by atoms with Crippen LogP contribution in [0.2, 0.25) is 5.02 Å². The van der Waals surface area contributed by atoms with E-state index in [1.165, 1.54) is 0 Å². The lowest BCUT2D eigenvalue weighted by Gasteiger charge is -2.14. The molecule has 0 amide bonds. The van der Waals surface area contributed by atoms with Gasteiger partial charge in [-0.2, -0.15) is 0 Å². The minimum atomic E-state index is 0.0323. The number of hydrogen-bond acceptors (Lipinski definition) is 2. The van der Waals surface area contributed by atoms with Crippen molar-refractivity contribution in [2.75, 3.05) is 0 Å². The molecule has 1 atom stereocenters. The minimum absolute atomic E-state index is 0.0323. The Morgan fingerprint density at radius 1 is 1.06 bits per heavy atom. The lowest BCUT2D eigenvalue weighted by Crippen LogP contribution is -2.13. The molecule has 0 saturated heterocycles. The number of nitrogens with one attached hydrogen (secondary N) is 1. The molecule has 0 saturated carbocycles. The van der Waals surface area contributed by atoms with Gasteiger partial charge in [0, 0.05) is 17.1 Å². The molecule has 1 heterocycles. The molecule has 2 aromatic carbocycles. The van der Waals surface area contributed by atoms with E-state index >= 15 is 0 Å². The van der Waals surface area contributed by atoms with Crippen LogP contribution in [0.25, 0.3) is 0 Å². The van der Waals surface area contributed by atoms with Gasteiger partial charge in [-0.3, -0.25) is 0 Å². The van der Waals surface area contributed by atoms with Crippen molar-refractivity contribution >= 4 is 11.6 Å². The molecule has 86 valence electrons. The van der Waals surface area contributed by atoms with E-state index in [2.05, 4.69) is 11.4 Å². The SMILES string of the molecule is Oc1ccccc1C1NCc2c(Cl)cccc21. The molecule has 1 unspecified atom stereocenters. The molecular weight excluding hydrogens is 234 g/mol. The van der Waals surface area contributed by atoms with Gasteiger partial charge >= 0.3 is 0 Å². The van der Waals surface area contributed by atoms with Crippen LogP contribution in [0.15, 0.2) is 42.5 Å². The zero-order valence-corrected chi connectivity index (χ0v) is 9.91. The van der Waals surface area contributed by atoms with Gasteiger partial charge in [-0.15, -0.1) is 0 Å². The Morgan fingerprint density at radius 3 is 2.65 bits per heavy atom. The molecule has 0 fully saturated rings. The van der Waals surface area contributed by atoms with Gasteiger partial charge < -0.3 is 10.4 Å². The summed E-state index contributed by atoms with van der Waals surface area (Å²) in [5.74, 6) is 0.317. The first-order valence-electron chi connectivity index (χ1n) is 5.56. The Bertz CT molecular complexity index is 568. The molecule has 2 N–H and O–H groups in total. The number of aromatic hydroxyl groups is 1. The monoisotopic (exact) mass is 245 g/mol. The molecule has 1 aliphatic heterocycles. The highest BCUT2D eigenvalue weighted by Gasteiger charge is 2.26. The van der Waals surface area contributed by atoms with Gasteiger partial charge in [0.1, 0.15) is 5.75 Å². The maximum absolute atomic E-state index is 9.89. The smallest absolute Gasteiger partial charge is 0.120 e. The summed E-state index contributed by atoms with van der Waals surface area (Å²) in [5.41, 5.74) is 3.18. The molecule has 2 aromatic rings. The Morgan fingerprint density at radius 2 is 1.82 bits per heavy atom. The minimum Gasteiger partial charge on any atom is -0.508 e. The van der Waals surface area contributed by atoms with Crippen LogP contribution in [0.1, 0.15) is 22.7 Å². The predicted octanol–water partition coefficient (Wildman–Crippen LogP) is 3.24. The van der Waals surface area contributed by atoms with Crippen LogP contribution in [0.5, 0.6) is 5.75 Å². The highest BCUT2D eigenvalue weighted by atomic mass is 35.5. The van der Waals surface area contributed by atoms with Crippen LogP contribution in [-0.2, 0) is 6.54 Å². The summed E-state index contributed by atoms with van der Waals surface area (Å²) < 4.78 is 0. The zero-order chi connectivity index (χ0) is 11.8. The van der Waals surface area contributed by atoms with Gasteiger partial charge in [-0.1, -0.05) is 41.9 Å². The topological polar surface area (TPSA) is 32.3 Å². The van der Waals surface area contributed by atoms with E-state index < -0.39 is 0 Å². The predicted molar refractivity (Wildman–Crippen MR) is 68.2 cm³/mol. The Balaban J connectivity index is 2.11. The molecule has 2 nitrogen and oxygen atoms in total. The van der Waals surface area contributed by atoms with E-state index in [0.717, 1.165) is 28.3 Å². The Kier molecular flexibility index (Phi) is 2.54. The largest absolute Gasteiger partial charge is 0.508 e. The van der Waals surface area contributed by atoms with Crippen molar-refractivity contribution in [3.63, 3.8) is 0 Å². The number of halogens is 1. The molecule has 1 aliphatic rings. The first-order valence-corrected chi connectivity index (χ1v) is 5.94. The number of para-hydroxylation sites is 1. The summed E-state index contributed by atoms with van der Waals surface area (Å²) in [7, 11) is 0. The second-order valence-electron chi connectivity index (χ2n) is 4.18. The maximum Gasteiger partial charge on any atom is 0.120 e. The number of phenolic OH excluding ortho intramolecular Hbond substituents is 1. The zero-order valence-electron chi connectivity index (χ0n) is 9.15. The van der Waals surface area contributed by atoms with E-state index in [-0.39, 0.29) is 6.04 Å². The van der Waals surface area contributed by atoms with Gasteiger partial charge in [-0.25, -0.2) is 0 Å². The van der Waals surface area contributed by atoms with Crippen molar-refractivity contribution in [2.45, 2.75) is 12.6 Å². The highest BCUT2D eigenvalue weighted by molar-refractivity contribution is 6.31. The summed E-state index contributed by atoms with van der Waals surface area (Å²) in [6, 6.07) is 13.3. The lowest BCUT2D eigenvalue weighted by molar-refractivity contribution is 0.460. The van der Waals surface area contributed by atoms with Gasteiger partial charge in [0.2, 0.25) is 0 Å². The molecule has 3 rings (SSSR count). The average molecular weight is 246 g/mol. The van der Waals surface area contributed by atoms with Crippen molar-refractivity contribution in [2.24, 2.45) is 0 Å². The molecular formula is C14H12ClNO. The van der Waals surface area contributed by atoms with Crippen LogP contribution in [0, 0.1) is 0 Å². The van der Waals surface area contributed by atoms with Crippen LogP contribution in [0.3, 0.4) is 0 Å². The van der Waals surface area contributed by atoms with E-state index in [9.17, 15) is 5.11 Å². The summed E-state index contributed by atoms with van der Waals surface area (Å²) >= 11 is 6.16. The van der Waals surface area contributed by atoms with Gasteiger partial charge in [0.25, 0.3) is 0 Å². The molecule has 3 heteroatoms. The van der Waals surface area contributed by atoms with Gasteiger partial charge in [-0.05, 0) is 23.3 Å².